The van der Waals surface area contributed by atoms with E-state index in [2.05, 4.69) is 4.72 Å². The lowest BCUT2D eigenvalue weighted by Gasteiger charge is -2.19. The molecule has 2 aromatic carbocycles. The van der Waals surface area contributed by atoms with Crippen LogP contribution in [0.15, 0.2) is 42.5 Å². The van der Waals surface area contributed by atoms with Gasteiger partial charge in [-0.3, -0.25) is 9.52 Å². The average Bonchev–Trinajstić information content (AvgIpc) is 3.12. The minimum atomic E-state index is -3.39. The third kappa shape index (κ3) is 5.77. The van der Waals surface area contributed by atoms with E-state index < -0.39 is 10.0 Å². The van der Waals surface area contributed by atoms with Crippen molar-refractivity contribution in [1.29, 1.82) is 0 Å². The van der Waals surface area contributed by atoms with Crippen molar-refractivity contribution < 1.29 is 22.7 Å². The average molecular weight is 447 g/mol. The number of ether oxygens (including phenoxy) is 2. The van der Waals surface area contributed by atoms with Gasteiger partial charge in [-0.1, -0.05) is 30.7 Å². The van der Waals surface area contributed by atoms with Crippen molar-refractivity contribution in [2.75, 3.05) is 30.7 Å². The molecule has 1 saturated heterocycles. The fraction of sp³-hybridized carbons (Fsp3) is 0.435. The first-order valence-corrected chi connectivity index (χ1v) is 12.0. The molecule has 0 saturated carbocycles. The molecule has 2 atom stereocenters. The highest BCUT2D eigenvalue weighted by molar-refractivity contribution is 7.92. The topological polar surface area (TPSA) is 84.9 Å². The highest BCUT2D eigenvalue weighted by Crippen LogP contribution is 2.25. The number of likely N-dealkylation sites (tertiary alicyclic amines) is 1. The van der Waals surface area contributed by atoms with Crippen LogP contribution in [0.4, 0.5) is 5.69 Å². The van der Waals surface area contributed by atoms with Gasteiger partial charge in [0.1, 0.15) is 18.0 Å². The SMILES string of the molecule is CCCS(=O)(=O)Nc1cccc(O[C@@H]2CN(C(=O)c3cc(C)ccc3C)C[C@H]2OC)c1. The number of anilines is 1. The molecule has 0 radical (unpaired) electrons. The third-order valence-electron chi connectivity index (χ3n) is 5.30. The van der Waals surface area contributed by atoms with Gasteiger partial charge >= 0.3 is 0 Å². The van der Waals surface area contributed by atoms with Crippen molar-refractivity contribution in [2.24, 2.45) is 0 Å². The lowest BCUT2D eigenvalue weighted by atomic mass is 10.0. The van der Waals surface area contributed by atoms with Gasteiger partial charge in [0.2, 0.25) is 10.0 Å². The molecule has 8 heteroatoms. The molecule has 168 valence electrons. The Bertz CT molecular complexity index is 1040. The molecule has 2 aromatic rings. The first-order chi connectivity index (χ1) is 14.7. The van der Waals surface area contributed by atoms with Gasteiger partial charge in [0.25, 0.3) is 5.91 Å². The summed E-state index contributed by atoms with van der Waals surface area (Å²) in [6.07, 6.45) is -0.107. The van der Waals surface area contributed by atoms with Gasteiger partial charge in [-0.25, -0.2) is 8.42 Å². The number of hydrogen-bond acceptors (Lipinski definition) is 5. The highest BCUT2D eigenvalue weighted by Gasteiger charge is 2.37. The summed E-state index contributed by atoms with van der Waals surface area (Å²) in [6.45, 7) is 6.52. The monoisotopic (exact) mass is 446 g/mol. The minimum absolute atomic E-state index is 0.0459. The molecule has 31 heavy (non-hydrogen) atoms. The summed E-state index contributed by atoms with van der Waals surface area (Å²) in [5, 5.41) is 0. The molecule has 1 N–H and O–H groups in total. The van der Waals surface area contributed by atoms with Crippen LogP contribution in [-0.4, -0.2) is 57.4 Å². The Morgan fingerprint density at radius 2 is 1.87 bits per heavy atom. The van der Waals surface area contributed by atoms with E-state index in [9.17, 15) is 13.2 Å². The number of aryl methyl sites for hydroxylation is 2. The lowest BCUT2D eigenvalue weighted by molar-refractivity contribution is 0.0340. The second kappa shape index (κ2) is 9.70. The predicted molar refractivity (Wildman–Crippen MR) is 121 cm³/mol. The van der Waals surface area contributed by atoms with E-state index in [1.165, 1.54) is 0 Å². The first-order valence-electron chi connectivity index (χ1n) is 10.4. The molecule has 0 spiro atoms. The Morgan fingerprint density at radius 1 is 1.13 bits per heavy atom. The zero-order valence-electron chi connectivity index (χ0n) is 18.4. The Hall–Kier alpha value is -2.58. The maximum Gasteiger partial charge on any atom is 0.254 e. The van der Waals surface area contributed by atoms with Gasteiger partial charge in [0.15, 0.2) is 0 Å². The van der Waals surface area contributed by atoms with Gasteiger partial charge < -0.3 is 14.4 Å². The van der Waals surface area contributed by atoms with Crippen LogP contribution in [-0.2, 0) is 14.8 Å². The third-order valence-corrected chi connectivity index (χ3v) is 6.79. The van der Waals surface area contributed by atoms with Crippen molar-refractivity contribution in [3.8, 4) is 5.75 Å². The van der Waals surface area contributed by atoms with Crippen molar-refractivity contribution in [3.63, 3.8) is 0 Å². The predicted octanol–water partition coefficient (Wildman–Crippen LogP) is 3.37. The molecule has 1 amide bonds. The number of rotatable bonds is 8. The maximum absolute atomic E-state index is 13.1. The second-order valence-corrected chi connectivity index (χ2v) is 9.75. The summed E-state index contributed by atoms with van der Waals surface area (Å²) >= 11 is 0. The molecular formula is C23H30N2O5S. The zero-order valence-corrected chi connectivity index (χ0v) is 19.2. The van der Waals surface area contributed by atoms with E-state index in [1.807, 2.05) is 39.0 Å². The molecular weight excluding hydrogens is 416 g/mol. The number of hydrogen-bond donors (Lipinski definition) is 1. The fourth-order valence-electron chi connectivity index (χ4n) is 3.69. The minimum Gasteiger partial charge on any atom is -0.486 e. The molecule has 0 unspecified atom stereocenters. The van der Waals surface area contributed by atoms with Gasteiger partial charge in [0, 0.05) is 18.7 Å². The van der Waals surface area contributed by atoms with Gasteiger partial charge in [-0.2, -0.15) is 0 Å². The van der Waals surface area contributed by atoms with Crippen molar-refractivity contribution in [3.05, 3.63) is 59.2 Å². The van der Waals surface area contributed by atoms with E-state index in [0.717, 1.165) is 11.1 Å². The summed E-state index contributed by atoms with van der Waals surface area (Å²) in [7, 11) is -1.79. The number of nitrogens with zero attached hydrogens (tertiary/aromatic N) is 1. The molecule has 0 bridgehead atoms. The Balaban J connectivity index is 1.73. The standard InChI is InChI=1S/C23H30N2O5S/c1-5-11-31(27,28)24-18-7-6-8-19(13-18)30-22-15-25(14-21(22)29-4)23(26)20-12-16(2)9-10-17(20)3/h6-10,12-13,21-22,24H,5,11,14-15H2,1-4H3/t21-,22-/m1/s1. The number of benzene rings is 2. The molecule has 3 rings (SSSR count). The van der Waals surface area contributed by atoms with E-state index in [0.29, 0.717) is 36.5 Å². The smallest absolute Gasteiger partial charge is 0.254 e. The van der Waals surface area contributed by atoms with Crippen LogP contribution < -0.4 is 9.46 Å². The van der Waals surface area contributed by atoms with Crippen molar-refractivity contribution in [2.45, 2.75) is 39.4 Å². The highest BCUT2D eigenvalue weighted by atomic mass is 32.2. The largest absolute Gasteiger partial charge is 0.486 e. The summed E-state index contributed by atoms with van der Waals surface area (Å²) in [4.78, 5) is 14.8. The van der Waals surface area contributed by atoms with Crippen LogP contribution in [0.3, 0.4) is 0 Å². The van der Waals surface area contributed by atoms with Gasteiger partial charge in [-0.05, 0) is 44.0 Å². The first kappa shape index (κ1) is 23.1. The van der Waals surface area contributed by atoms with Crippen LogP contribution in [0, 0.1) is 13.8 Å². The van der Waals surface area contributed by atoms with Crippen molar-refractivity contribution in [1.82, 2.24) is 4.90 Å². The quantitative estimate of drug-likeness (QED) is 0.672. The molecule has 1 fully saturated rings. The van der Waals surface area contributed by atoms with Crippen molar-refractivity contribution >= 4 is 21.6 Å². The number of carbonyl (C=O) groups is 1. The van der Waals surface area contributed by atoms with E-state index >= 15 is 0 Å². The Morgan fingerprint density at radius 3 is 2.58 bits per heavy atom. The molecule has 0 aromatic heterocycles. The van der Waals surface area contributed by atoms with Crippen LogP contribution in [0.2, 0.25) is 0 Å². The number of carbonyl (C=O) groups excluding carboxylic acids is 1. The second-order valence-electron chi connectivity index (χ2n) is 7.91. The summed E-state index contributed by atoms with van der Waals surface area (Å²) in [5.74, 6) is 0.530. The van der Waals surface area contributed by atoms with E-state index in [1.54, 1.807) is 36.3 Å². The van der Waals surface area contributed by atoms with Crippen LogP contribution in [0.5, 0.6) is 5.75 Å². The number of amides is 1. The molecule has 0 aliphatic carbocycles. The van der Waals surface area contributed by atoms with E-state index in [-0.39, 0.29) is 23.9 Å². The summed E-state index contributed by atoms with van der Waals surface area (Å²) < 4.78 is 38.3. The number of sulfonamides is 1. The lowest BCUT2D eigenvalue weighted by Crippen LogP contribution is -2.32. The summed E-state index contributed by atoms with van der Waals surface area (Å²) in [5.41, 5.74) is 3.09. The number of methoxy groups -OCH3 is 1. The van der Waals surface area contributed by atoms with Crippen LogP contribution in [0.1, 0.15) is 34.8 Å². The number of nitrogens with one attached hydrogen (secondary N) is 1. The molecule has 1 heterocycles. The maximum atomic E-state index is 13.1. The Kier molecular flexibility index (Phi) is 7.23. The summed E-state index contributed by atoms with van der Waals surface area (Å²) in [6, 6.07) is 12.7. The van der Waals surface area contributed by atoms with Crippen LogP contribution >= 0.6 is 0 Å². The fourth-order valence-corrected chi connectivity index (χ4v) is 4.82. The van der Waals surface area contributed by atoms with Gasteiger partial charge in [0.05, 0.1) is 24.5 Å². The zero-order chi connectivity index (χ0) is 22.6. The van der Waals surface area contributed by atoms with Crippen LogP contribution in [0.25, 0.3) is 0 Å². The van der Waals surface area contributed by atoms with E-state index in [4.69, 9.17) is 9.47 Å². The Labute approximate surface area is 184 Å². The molecule has 1 aliphatic rings. The molecule has 7 nitrogen and oxygen atoms in total. The normalized spacial score (nSPS) is 18.8. The van der Waals surface area contributed by atoms with Gasteiger partial charge in [-0.15, -0.1) is 0 Å². The molecule has 1 aliphatic heterocycles.